The molecule has 14 heavy (non-hydrogen) atoms. The molecule has 0 aromatic carbocycles. The summed E-state index contributed by atoms with van der Waals surface area (Å²) in [6.07, 6.45) is 2.00. The van der Waals surface area contributed by atoms with Gasteiger partial charge in [0, 0.05) is 6.42 Å². The fraction of sp³-hybridized carbons (Fsp3) is 0.909. The van der Waals surface area contributed by atoms with E-state index in [0.29, 0.717) is 6.42 Å². The standard InChI is InChI=1S/C11H20N2O/c1-10(2,3)9(14)7-11(8-12)5-4-6-13-11/h9,13-14H,4-7H2,1-3H3. The van der Waals surface area contributed by atoms with Crippen molar-refractivity contribution in [2.45, 2.75) is 51.7 Å². The van der Waals surface area contributed by atoms with Crippen molar-refractivity contribution in [2.75, 3.05) is 6.54 Å². The summed E-state index contributed by atoms with van der Waals surface area (Å²) in [6.45, 7) is 6.89. The molecular weight excluding hydrogens is 176 g/mol. The van der Waals surface area contributed by atoms with Gasteiger partial charge in [0.1, 0.15) is 5.54 Å². The fourth-order valence-electron chi connectivity index (χ4n) is 1.76. The molecule has 0 spiro atoms. The number of nitrogens with zero attached hydrogens (tertiary/aromatic N) is 1. The van der Waals surface area contributed by atoms with E-state index in [1.165, 1.54) is 0 Å². The molecule has 80 valence electrons. The van der Waals surface area contributed by atoms with E-state index >= 15 is 0 Å². The zero-order valence-electron chi connectivity index (χ0n) is 9.30. The van der Waals surface area contributed by atoms with Gasteiger partial charge in [0.15, 0.2) is 0 Å². The van der Waals surface area contributed by atoms with Crippen LogP contribution in [0.5, 0.6) is 0 Å². The molecule has 2 unspecified atom stereocenters. The van der Waals surface area contributed by atoms with Crippen LogP contribution in [-0.4, -0.2) is 23.3 Å². The molecule has 1 aliphatic heterocycles. The Bertz CT molecular complexity index is 231. The number of nitriles is 1. The second-order valence-electron chi connectivity index (χ2n) is 5.31. The maximum absolute atomic E-state index is 9.95. The quantitative estimate of drug-likeness (QED) is 0.702. The van der Waals surface area contributed by atoms with Crippen LogP contribution in [0.25, 0.3) is 0 Å². The summed E-state index contributed by atoms with van der Waals surface area (Å²) in [5, 5.41) is 22.3. The van der Waals surface area contributed by atoms with Gasteiger partial charge in [-0.05, 0) is 24.8 Å². The number of rotatable bonds is 2. The van der Waals surface area contributed by atoms with Crippen LogP contribution in [0, 0.1) is 16.7 Å². The summed E-state index contributed by atoms with van der Waals surface area (Å²) in [4.78, 5) is 0. The molecule has 1 rings (SSSR count). The van der Waals surface area contributed by atoms with E-state index in [2.05, 4.69) is 11.4 Å². The number of aliphatic hydroxyl groups is 1. The highest BCUT2D eigenvalue weighted by Gasteiger charge is 2.38. The van der Waals surface area contributed by atoms with Crippen molar-refractivity contribution in [3.63, 3.8) is 0 Å². The highest BCUT2D eigenvalue weighted by molar-refractivity contribution is 5.11. The number of aliphatic hydroxyl groups excluding tert-OH is 1. The first-order valence-electron chi connectivity index (χ1n) is 5.24. The van der Waals surface area contributed by atoms with E-state index in [-0.39, 0.29) is 5.41 Å². The van der Waals surface area contributed by atoms with Crippen LogP contribution in [0.2, 0.25) is 0 Å². The van der Waals surface area contributed by atoms with Crippen molar-refractivity contribution in [3.8, 4) is 6.07 Å². The topological polar surface area (TPSA) is 56.0 Å². The van der Waals surface area contributed by atoms with E-state index in [9.17, 15) is 5.11 Å². The molecule has 2 atom stereocenters. The van der Waals surface area contributed by atoms with Gasteiger partial charge in [0.05, 0.1) is 12.2 Å². The maximum atomic E-state index is 9.95. The first-order valence-corrected chi connectivity index (χ1v) is 5.24. The third kappa shape index (κ3) is 2.46. The third-order valence-corrected chi connectivity index (χ3v) is 3.00. The zero-order chi connectivity index (χ0) is 10.8. The smallest absolute Gasteiger partial charge is 0.109 e. The minimum atomic E-state index is -0.479. The number of nitrogens with one attached hydrogen (secondary N) is 1. The molecule has 0 aliphatic carbocycles. The Hall–Kier alpha value is -0.590. The van der Waals surface area contributed by atoms with Crippen LogP contribution in [0.3, 0.4) is 0 Å². The SMILES string of the molecule is CC(C)(C)C(O)CC1(C#N)CCCN1. The van der Waals surface area contributed by atoms with Crippen LogP contribution in [0.4, 0.5) is 0 Å². The molecular formula is C11H20N2O. The van der Waals surface area contributed by atoms with Gasteiger partial charge in [-0.15, -0.1) is 0 Å². The van der Waals surface area contributed by atoms with Gasteiger partial charge in [-0.25, -0.2) is 0 Å². The minimum absolute atomic E-state index is 0.145. The van der Waals surface area contributed by atoms with E-state index in [1.807, 2.05) is 20.8 Å². The zero-order valence-corrected chi connectivity index (χ0v) is 9.30. The van der Waals surface area contributed by atoms with Crippen LogP contribution in [0.1, 0.15) is 40.0 Å². The normalized spacial score (nSPS) is 29.9. The second kappa shape index (κ2) is 3.88. The van der Waals surface area contributed by atoms with Crippen molar-refractivity contribution in [1.82, 2.24) is 5.32 Å². The van der Waals surface area contributed by atoms with E-state index < -0.39 is 11.6 Å². The highest BCUT2D eigenvalue weighted by atomic mass is 16.3. The van der Waals surface area contributed by atoms with Crippen molar-refractivity contribution >= 4 is 0 Å². The summed E-state index contributed by atoms with van der Waals surface area (Å²) in [5.41, 5.74) is -0.624. The molecule has 1 heterocycles. The first-order chi connectivity index (χ1) is 6.40. The Morgan fingerprint density at radius 3 is 2.57 bits per heavy atom. The molecule has 1 aliphatic rings. The van der Waals surface area contributed by atoms with Crippen LogP contribution in [0.15, 0.2) is 0 Å². The molecule has 0 aromatic rings. The van der Waals surface area contributed by atoms with Gasteiger partial charge in [0.25, 0.3) is 0 Å². The molecule has 0 saturated carbocycles. The van der Waals surface area contributed by atoms with Gasteiger partial charge in [0.2, 0.25) is 0 Å². The molecule has 0 radical (unpaired) electrons. The van der Waals surface area contributed by atoms with Crippen molar-refractivity contribution < 1.29 is 5.11 Å². The molecule has 2 N–H and O–H groups in total. The lowest BCUT2D eigenvalue weighted by molar-refractivity contribution is 0.0399. The Balaban J connectivity index is 2.62. The first kappa shape index (κ1) is 11.5. The second-order valence-corrected chi connectivity index (χ2v) is 5.31. The van der Waals surface area contributed by atoms with Crippen molar-refractivity contribution in [3.05, 3.63) is 0 Å². The summed E-state index contributed by atoms with van der Waals surface area (Å²) in [7, 11) is 0. The Morgan fingerprint density at radius 1 is 1.57 bits per heavy atom. The molecule has 0 amide bonds. The van der Waals surface area contributed by atoms with E-state index in [0.717, 1.165) is 19.4 Å². The minimum Gasteiger partial charge on any atom is -0.392 e. The van der Waals surface area contributed by atoms with E-state index in [1.54, 1.807) is 0 Å². The molecule has 1 fully saturated rings. The lowest BCUT2D eigenvalue weighted by Gasteiger charge is -2.31. The van der Waals surface area contributed by atoms with Gasteiger partial charge in [-0.1, -0.05) is 20.8 Å². The Morgan fingerprint density at radius 2 is 2.21 bits per heavy atom. The Labute approximate surface area is 86.1 Å². The molecule has 0 bridgehead atoms. The number of hydrogen-bond acceptors (Lipinski definition) is 3. The molecule has 3 heteroatoms. The summed E-state index contributed by atoms with van der Waals surface area (Å²) < 4.78 is 0. The van der Waals surface area contributed by atoms with Gasteiger partial charge < -0.3 is 5.11 Å². The van der Waals surface area contributed by atoms with Crippen molar-refractivity contribution in [1.29, 1.82) is 5.26 Å². The average molecular weight is 196 g/mol. The van der Waals surface area contributed by atoms with Gasteiger partial charge in [-0.2, -0.15) is 5.26 Å². The number of hydrogen-bond donors (Lipinski definition) is 2. The van der Waals surface area contributed by atoms with Crippen LogP contribution >= 0.6 is 0 Å². The highest BCUT2D eigenvalue weighted by Crippen LogP contribution is 2.30. The predicted molar refractivity (Wildman–Crippen MR) is 55.7 cm³/mol. The lowest BCUT2D eigenvalue weighted by Crippen LogP contribution is -2.44. The van der Waals surface area contributed by atoms with E-state index in [4.69, 9.17) is 5.26 Å². The third-order valence-electron chi connectivity index (χ3n) is 3.00. The summed E-state index contributed by atoms with van der Waals surface area (Å²) in [5.74, 6) is 0. The maximum Gasteiger partial charge on any atom is 0.109 e. The van der Waals surface area contributed by atoms with Crippen LogP contribution < -0.4 is 5.32 Å². The lowest BCUT2D eigenvalue weighted by atomic mass is 9.80. The largest absolute Gasteiger partial charge is 0.392 e. The van der Waals surface area contributed by atoms with Crippen molar-refractivity contribution in [2.24, 2.45) is 5.41 Å². The molecule has 1 saturated heterocycles. The summed E-state index contributed by atoms with van der Waals surface area (Å²) in [6, 6.07) is 2.31. The Kier molecular flexibility index (Phi) is 3.18. The fourth-order valence-corrected chi connectivity index (χ4v) is 1.76. The van der Waals surface area contributed by atoms with Gasteiger partial charge >= 0.3 is 0 Å². The predicted octanol–water partition coefficient (Wildman–Crippen LogP) is 1.43. The molecule has 0 aromatic heterocycles. The monoisotopic (exact) mass is 196 g/mol. The molecule has 3 nitrogen and oxygen atoms in total. The van der Waals surface area contributed by atoms with Gasteiger partial charge in [-0.3, -0.25) is 5.32 Å². The average Bonchev–Trinajstić information content (AvgIpc) is 2.52. The van der Waals surface area contributed by atoms with Crippen LogP contribution in [-0.2, 0) is 0 Å². The summed E-state index contributed by atoms with van der Waals surface area (Å²) >= 11 is 0.